The first kappa shape index (κ1) is 17.2. The molecule has 1 saturated heterocycles. The number of carbonyl (C=O) groups excluding carboxylic acids is 1. The summed E-state index contributed by atoms with van der Waals surface area (Å²) in [7, 11) is 0. The highest BCUT2D eigenvalue weighted by Gasteiger charge is 2.44. The van der Waals surface area contributed by atoms with Gasteiger partial charge in [-0.3, -0.25) is 0 Å². The normalized spacial score (nSPS) is 19.0. The van der Waals surface area contributed by atoms with Crippen molar-refractivity contribution in [2.75, 3.05) is 12.4 Å². The van der Waals surface area contributed by atoms with Crippen molar-refractivity contribution in [3.05, 3.63) is 83.9 Å². The van der Waals surface area contributed by atoms with Gasteiger partial charge in [0.25, 0.3) is 0 Å². The van der Waals surface area contributed by atoms with E-state index in [0.717, 1.165) is 5.75 Å². The molecule has 0 aliphatic carbocycles. The molecule has 1 atom stereocenters. The van der Waals surface area contributed by atoms with Gasteiger partial charge in [-0.05, 0) is 18.1 Å². The molecule has 4 heteroatoms. The lowest BCUT2D eigenvalue weighted by atomic mass is 10.0. The van der Waals surface area contributed by atoms with Crippen LogP contribution in [0.1, 0.15) is 18.1 Å². The summed E-state index contributed by atoms with van der Waals surface area (Å²) in [5.74, 6) is 0.635. The van der Waals surface area contributed by atoms with E-state index >= 15 is 0 Å². The van der Waals surface area contributed by atoms with Gasteiger partial charge in [-0.2, -0.15) is 0 Å². The summed E-state index contributed by atoms with van der Waals surface area (Å²) in [6.07, 6.45) is 0. The van der Waals surface area contributed by atoms with Crippen molar-refractivity contribution in [2.24, 2.45) is 0 Å². The van der Waals surface area contributed by atoms with Crippen LogP contribution in [0.3, 0.4) is 0 Å². The van der Waals surface area contributed by atoms with Gasteiger partial charge in [0.15, 0.2) is 0 Å². The Balaban J connectivity index is 1.84. The second-order valence-electron chi connectivity index (χ2n) is 5.78. The topological polar surface area (TPSA) is 26.3 Å². The second kappa shape index (κ2) is 7.49. The first-order chi connectivity index (χ1) is 11.6. The van der Waals surface area contributed by atoms with E-state index in [2.05, 4.69) is 55.1 Å². The van der Waals surface area contributed by atoms with Crippen LogP contribution in [0, 0.1) is 0 Å². The van der Waals surface area contributed by atoms with Gasteiger partial charge >= 0.3 is 5.97 Å². The van der Waals surface area contributed by atoms with Crippen LogP contribution in [0.15, 0.2) is 72.8 Å². The summed E-state index contributed by atoms with van der Waals surface area (Å²) >= 11 is 3.79. The standard InChI is InChI=1S/C20H20O2S2/c1-15(2)19(21)22-13-18-14-23-20(24-18,16-9-5-3-6-10-16)17-11-7-4-8-12-17/h3-12,18H,1,13-14H2,2H3. The molecule has 0 saturated carbocycles. The highest BCUT2D eigenvalue weighted by atomic mass is 32.2. The lowest BCUT2D eigenvalue weighted by Crippen LogP contribution is -2.19. The van der Waals surface area contributed by atoms with Crippen LogP contribution >= 0.6 is 23.5 Å². The maximum absolute atomic E-state index is 11.7. The Hall–Kier alpha value is -1.65. The van der Waals surface area contributed by atoms with Crippen LogP contribution in [0.2, 0.25) is 0 Å². The molecule has 0 N–H and O–H groups in total. The van der Waals surface area contributed by atoms with Gasteiger partial charge in [-0.15, -0.1) is 23.5 Å². The van der Waals surface area contributed by atoms with Crippen molar-refractivity contribution >= 4 is 29.5 Å². The largest absolute Gasteiger partial charge is 0.461 e. The summed E-state index contributed by atoms with van der Waals surface area (Å²) in [6, 6.07) is 21.1. The van der Waals surface area contributed by atoms with E-state index < -0.39 is 0 Å². The first-order valence-corrected chi connectivity index (χ1v) is 9.74. The molecule has 1 heterocycles. The van der Waals surface area contributed by atoms with Crippen molar-refractivity contribution in [3.8, 4) is 0 Å². The summed E-state index contributed by atoms with van der Waals surface area (Å²) in [5.41, 5.74) is 3.00. The molecule has 0 bridgehead atoms. The van der Waals surface area contributed by atoms with E-state index in [1.165, 1.54) is 11.1 Å². The predicted molar refractivity (Wildman–Crippen MR) is 103 cm³/mol. The molecular formula is C20H20O2S2. The van der Waals surface area contributed by atoms with Crippen LogP contribution in [0.5, 0.6) is 0 Å². The van der Waals surface area contributed by atoms with Gasteiger partial charge in [0.2, 0.25) is 0 Å². The van der Waals surface area contributed by atoms with Gasteiger partial charge in [0, 0.05) is 11.3 Å². The number of hydrogen-bond donors (Lipinski definition) is 0. The Labute approximate surface area is 151 Å². The molecular weight excluding hydrogens is 336 g/mol. The molecule has 2 aromatic carbocycles. The molecule has 0 spiro atoms. The average molecular weight is 357 g/mol. The van der Waals surface area contributed by atoms with E-state index in [1.807, 2.05) is 35.7 Å². The summed E-state index contributed by atoms with van der Waals surface area (Å²) in [5, 5.41) is 0.263. The van der Waals surface area contributed by atoms with Crippen molar-refractivity contribution < 1.29 is 9.53 Å². The van der Waals surface area contributed by atoms with Crippen LogP contribution in [0.4, 0.5) is 0 Å². The fourth-order valence-electron chi connectivity index (χ4n) is 2.67. The van der Waals surface area contributed by atoms with Crippen molar-refractivity contribution in [3.63, 3.8) is 0 Å². The maximum Gasteiger partial charge on any atom is 0.333 e. The summed E-state index contributed by atoms with van der Waals surface area (Å²) in [4.78, 5) is 11.7. The van der Waals surface area contributed by atoms with Crippen LogP contribution in [-0.2, 0) is 13.6 Å². The third-order valence-electron chi connectivity index (χ3n) is 3.86. The first-order valence-electron chi connectivity index (χ1n) is 7.87. The molecule has 0 aromatic heterocycles. The zero-order valence-electron chi connectivity index (χ0n) is 13.6. The maximum atomic E-state index is 11.7. The number of benzene rings is 2. The van der Waals surface area contributed by atoms with Gasteiger partial charge in [-0.1, -0.05) is 67.2 Å². The van der Waals surface area contributed by atoms with Gasteiger partial charge in [0.05, 0.1) is 5.25 Å². The zero-order chi connectivity index (χ0) is 17.0. The Kier molecular flexibility index (Phi) is 5.36. The third-order valence-corrected chi connectivity index (χ3v) is 7.60. The highest BCUT2D eigenvalue weighted by molar-refractivity contribution is 8.21. The number of esters is 1. The molecule has 1 aliphatic rings. The fraction of sp³-hybridized carbons (Fsp3) is 0.250. The Morgan fingerprint density at radius 1 is 1.12 bits per heavy atom. The van der Waals surface area contributed by atoms with E-state index in [4.69, 9.17) is 4.74 Å². The Bertz CT molecular complexity index is 673. The van der Waals surface area contributed by atoms with E-state index in [1.54, 1.807) is 6.92 Å². The number of hydrogen-bond acceptors (Lipinski definition) is 4. The average Bonchev–Trinajstić information content (AvgIpc) is 3.06. The van der Waals surface area contributed by atoms with Crippen LogP contribution in [-0.4, -0.2) is 23.6 Å². The molecule has 24 heavy (non-hydrogen) atoms. The molecule has 3 rings (SSSR count). The lowest BCUT2D eigenvalue weighted by molar-refractivity contribution is -0.138. The van der Waals surface area contributed by atoms with Crippen molar-refractivity contribution in [1.29, 1.82) is 0 Å². The van der Waals surface area contributed by atoms with Crippen molar-refractivity contribution in [2.45, 2.75) is 16.3 Å². The van der Waals surface area contributed by atoms with Gasteiger partial charge in [0.1, 0.15) is 10.7 Å². The molecule has 124 valence electrons. The van der Waals surface area contributed by atoms with E-state index in [0.29, 0.717) is 12.2 Å². The number of ether oxygens (including phenoxy) is 1. The van der Waals surface area contributed by atoms with Crippen molar-refractivity contribution in [1.82, 2.24) is 0 Å². The smallest absolute Gasteiger partial charge is 0.333 e. The van der Waals surface area contributed by atoms with E-state index in [9.17, 15) is 4.79 Å². The van der Waals surface area contributed by atoms with Gasteiger partial charge < -0.3 is 4.74 Å². The fourth-order valence-corrected chi connectivity index (χ4v) is 6.30. The lowest BCUT2D eigenvalue weighted by Gasteiger charge is -2.29. The minimum Gasteiger partial charge on any atom is -0.461 e. The molecule has 0 amide bonds. The van der Waals surface area contributed by atoms with Gasteiger partial charge in [-0.25, -0.2) is 4.79 Å². The molecule has 1 aliphatic heterocycles. The van der Waals surface area contributed by atoms with E-state index in [-0.39, 0.29) is 15.3 Å². The van der Waals surface area contributed by atoms with Crippen LogP contribution in [0.25, 0.3) is 0 Å². The number of thioether (sulfide) groups is 2. The third kappa shape index (κ3) is 3.55. The zero-order valence-corrected chi connectivity index (χ0v) is 15.2. The summed E-state index contributed by atoms with van der Waals surface area (Å²) < 4.78 is 5.23. The SMILES string of the molecule is C=C(C)C(=O)OCC1CSC(c2ccccc2)(c2ccccc2)S1. The number of carbonyl (C=O) groups is 1. The monoisotopic (exact) mass is 356 g/mol. The second-order valence-corrected chi connectivity index (χ2v) is 8.79. The molecule has 2 aromatic rings. The Morgan fingerprint density at radius 3 is 2.17 bits per heavy atom. The molecule has 0 radical (unpaired) electrons. The number of rotatable bonds is 5. The predicted octanol–water partition coefficient (Wildman–Crippen LogP) is 4.86. The summed E-state index contributed by atoms with van der Waals surface area (Å²) in [6.45, 7) is 5.74. The molecule has 1 fully saturated rings. The molecule has 2 nitrogen and oxygen atoms in total. The highest BCUT2D eigenvalue weighted by Crippen LogP contribution is 2.58. The van der Waals surface area contributed by atoms with Crippen LogP contribution < -0.4 is 0 Å². The minimum absolute atomic E-state index is 0.150. The Morgan fingerprint density at radius 2 is 1.67 bits per heavy atom. The minimum atomic E-state index is -0.308. The molecule has 1 unspecified atom stereocenters. The quantitative estimate of drug-likeness (QED) is 0.565.